The van der Waals surface area contributed by atoms with Gasteiger partial charge in [0.25, 0.3) is 5.91 Å². The van der Waals surface area contributed by atoms with E-state index in [-0.39, 0.29) is 30.3 Å². The largest absolute Gasteiger partial charge is 0.469 e. The minimum absolute atomic E-state index is 0.168. The van der Waals surface area contributed by atoms with Crippen LogP contribution in [0.2, 0.25) is 0 Å². The molecule has 0 bridgehead atoms. The molecule has 2 atom stereocenters. The zero-order valence-corrected chi connectivity index (χ0v) is 25.1. The molecule has 1 aliphatic rings. The molecule has 2 heterocycles. The molecular formula is C29H48N4O5. The lowest BCUT2D eigenvalue weighted by molar-refractivity contribution is -0.148. The lowest BCUT2D eigenvalue weighted by atomic mass is 9.92. The molecule has 1 fully saturated rings. The number of rotatable bonds is 8. The first-order valence-corrected chi connectivity index (χ1v) is 13.8. The van der Waals surface area contributed by atoms with E-state index < -0.39 is 29.6 Å². The second kappa shape index (κ2) is 12.9. The van der Waals surface area contributed by atoms with Crippen molar-refractivity contribution in [2.24, 2.45) is 11.8 Å². The smallest absolute Gasteiger partial charge is 0.410 e. The van der Waals surface area contributed by atoms with Crippen molar-refractivity contribution in [3.8, 4) is 0 Å². The number of nitrogens with zero attached hydrogens (tertiary/aromatic N) is 4. The Bertz CT molecular complexity index is 980. The van der Waals surface area contributed by atoms with Gasteiger partial charge in [-0.15, -0.1) is 0 Å². The first kappa shape index (κ1) is 31.5. The van der Waals surface area contributed by atoms with Crippen molar-refractivity contribution in [2.75, 3.05) is 26.7 Å². The number of methoxy groups -OCH3 is 1. The Balaban J connectivity index is 2.50. The molecule has 2 amide bonds. The Kier molecular flexibility index (Phi) is 10.7. The molecular weight excluding hydrogens is 484 g/mol. The summed E-state index contributed by atoms with van der Waals surface area (Å²) < 4.78 is 10.7. The molecule has 1 saturated heterocycles. The van der Waals surface area contributed by atoms with Crippen LogP contribution < -0.4 is 0 Å². The van der Waals surface area contributed by atoms with Gasteiger partial charge in [-0.05, 0) is 46.0 Å². The second-order valence-electron chi connectivity index (χ2n) is 12.8. The Labute approximate surface area is 228 Å². The van der Waals surface area contributed by atoms with Crippen molar-refractivity contribution in [3.05, 3.63) is 23.3 Å². The van der Waals surface area contributed by atoms with Gasteiger partial charge in [0.05, 0.1) is 30.3 Å². The number of aryl methyl sites for hydroxylation is 1. The SMILES string of the molecule is CCCCc1nc(C(C)(C)C)ncc1C(=O)N(CC(C)C)[C@H]1C[C@@H](C(=O)OC)CN(C(=O)OC(C)(C)C)C1. The van der Waals surface area contributed by atoms with Crippen LogP contribution in [0.15, 0.2) is 6.20 Å². The van der Waals surface area contributed by atoms with Crippen LogP contribution in [0.1, 0.15) is 103 Å². The van der Waals surface area contributed by atoms with Gasteiger partial charge in [0.1, 0.15) is 11.4 Å². The number of piperidine rings is 1. The maximum Gasteiger partial charge on any atom is 0.410 e. The molecule has 1 aromatic heterocycles. The van der Waals surface area contributed by atoms with Crippen LogP contribution in [-0.2, 0) is 26.1 Å². The molecule has 0 aliphatic carbocycles. The topological polar surface area (TPSA) is 102 Å². The summed E-state index contributed by atoms with van der Waals surface area (Å²) in [6.45, 7) is 18.7. The van der Waals surface area contributed by atoms with Crippen LogP contribution in [0.4, 0.5) is 4.79 Å². The first-order chi connectivity index (χ1) is 17.6. The third kappa shape index (κ3) is 8.67. The minimum atomic E-state index is -0.682. The molecule has 2 rings (SSSR count). The second-order valence-corrected chi connectivity index (χ2v) is 12.8. The Morgan fingerprint density at radius 2 is 1.79 bits per heavy atom. The number of carbonyl (C=O) groups is 3. The zero-order valence-electron chi connectivity index (χ0n) is 25.1. The van der Waals surface area contributed by atoms with Crippen molar-refractivity contribution in [1.82, 2.24) is 19.8 Å². The number of likely N-dealkylation sites (tertiary alicyclic amines) is 1. The van der Waals surface area contributed by atoms with Gasteiger partial charge in [-0.25, -0.2) is 14.8 Å². The highest BCUT2D eigenvalue weighted by Crippen LogP contribution is 2.27. The third-order valence-electron chi connectivity index (χ3n) is 6.41. The molecule has 38 heavy (non-hydrogen) atoms. The van der Waals surface area contributed by atoms with Crippen molar-refractivity contribution < 1.29 is 23.9 Å². The van der Waals surface area contributed by atoms with Crippen LogP contribution in [0.25, 0.3) is 0 Å². The summed E-state index contributed by atoms with van der Waals surface area (Å²) in [6.07, 6.45) is 4.11. The molecule has 214 valence electrons. The molecule has 0 aromatic carbocycles. The van der Waals surface area contributed by atoms with Crippen molar-refractivity contribution in [3.63, 3.8) is 0 Å². The number of carbonyl (C=O) groups excluding carboxylic acids is 3. The van der Waals surface area contributed by atoms with Gasteiger partial charge in [-0.1, -0.05) is 48.0 Å². The summed E-state index contributed by atoms with van der Waals surface area (Å²) in [7, 11) is 1.34. The average Bonchev–Trinajstić information content (AvgIpc) is 2.82. The fourth-order valence-corrected chi connectivity index (χ4v) is 4.55. The highest BCUT2D eigenvalue weighted by Gasteiger charge is 2.40. The summed E-state index contributed by atoms with van der Waals surface area (Å²) in [5.41, 5.74) is 0.301. The molecule has 9 nitrogen and oxygen atoms in total. The Morgan fingerprint density at radius 3 is 2.32 bits per heavy atom. The number of esters is 1. The summed E-state index contributed by atoms with van der Waals surface area (Å²) >= 11 is 0. The van der Waals surface area contributed by atoms with E-state index in [1.807, 2.05) is 13.8 Å². The van der Waals surface area contributed by atoms with Crippen LogP contribution >= 0.6 is 0 Å². The highest BCUT2D eigenvalue weighted by atomic mass is 16.6. The summed E-state index contributed by atoms with van der Waals surface area (Å²) in [5, 5.41) is 0. The van der Waals surface area contributed by atoms with Gasteiger partial charge in [-0.2, -0.15) is 0 Å². The molecule has 0 radical (unpaired) electrons. The molecule has 0 spiro atoms. The lowest BCUT2D eigenvalue weighted by Gasteiger charge is -2.42. The number of hydrogen-bond acceptors (Lipinski definition) is 7. The van der Waals surface area contributed by atoms with Crippen LogP contribution in [-0.4, -0.2) is 76.1 Å². The molecule has 1 aliphatic heterocycles. The van der Waals surface area contributed by atoms with Gasteiger partial charge in [0.2, 0.25) is 0 Å². The molecule has 0 unspecified atom stereocenters. The van der Waals surface area contributed by atoms with Crippen LogP contribution in [0.5, 0.6) is 0 Å². The van der Waals surface area contributed by atoms with Crippen LogP contribution in [0.3, 0.4) is 0 Å². The van der Waals surface area contributed by atoms with E-state index in [1.165, 1.54) is 12.0 Å². The van der Waals surface area contributed by atoms with Gasteiger partial charge < -0.3 is 19.3 Å². The third-order valence-corrected chi connectivity index (χ3v) is 6.41. The van der Waals surface area contributed by atoms with E-state index in [0.717, 1.165) is 18.5 Å². The summed E-state index contributed by atoms with van der Waals surface area (Å²) in [6, 6.07) is -0.392. The van der Waals surface area contributed by atoms with E-state index in [2.05, 4.69) is 32.7 Å². The molecule has 0 N–H and O–H groups in total. The van der Waals surface area contributed by atoms with Crippen LogP contribution in [0, 0.1) is 11.8 Å². The fourth-order valence-electron chi connectivity index (χ4n) is 4.55. The van der Waals surface area contributed by atoms with E-state index in [1.54, 1.807) is 31.9 Å². The number of hydrogen-bond donors (Lipinski definition) is 0. The Hall–Kier alpha value is -2.71. The fraction of sp³-hybridized carbons (Fsp3) is 0.759. The maximum absolute atomic E-state index is 14.2. The highest BCUT2D eigenvalue weighted by molar-refractivity contribution is 5.95. The van der Waals surface area contributed by atoms with Crippen molar-refractivity contribution in [2.45, 2.75) is 105 Å². The number of ether oxygens (including phenoxy) is 2. The van der Waals surface area contributed by atoms with Crippen molar-refractivity contribution >= 4 is 18.0 Å². The number of amides is 2. The Morgan fingerprint density at radius 1 is 1.13 bits per heavy atom. The van der Waals surface area contributed by atoms with Crippen molar-refractivity contribution in [1.29, 1.82) is 0 Å². The van der Waals surface area contributed by atoms with E-state index >= 15 is 0 Å². The average molecular weight is 533 g/mol. The quantitative estimate of drug-likeness (QED) is 0.434. The van der Waals surface area contributed by atoms with E-state index in [0.29, 0.717) is 30.8 Å². The first-order valence-electron chi connectivity index (χ1n) is 13.8. The van der Waals surface area contributed by atoms with E-state index in [4.69, 9.17) is 14.5 Å². The molecule has 0 saturated carbocycles. The number of unbranched alkanes of at least 4 members (excludes halogenated alkanes) is 1. The van der Waals surface area contributed by atoms with Gasteiger partial charge in [0, 0.05) is 31.2 Å². The maximum atomic E-state index is 14.2. The summed E-state index contributed by atoms with van der Waals surface area (Å²) in [5.74, 6) is -0.268. The van der Waals surface area contributed by atoms with Gasteiger partial charge in [0.15, 0.2) is 0 Å². The lowest BCUT2D eigenvalue weighted by Crippen LogP contribution is -2.57. The monoisotopic (exact) mass is 532 g/mol. The predicted molar refractivity (Wildman–Crippen MR) is 147 cm³/mol. The summed E-state index contributed by atoms with van der Waals surface area (Å²) in [4.78, 5) is 52.6. The minimum Gasteiger partial charge on any atom is -0.469 e. The zero-order chi connectivity index (χ0) is 28.8. The number of aromatic nitrogens is 2. The standard InChI is InChI=1S/C29H48N4O5/c1-11-12-13-23-22(15-30-26(31-23)28(4,5)6)24(34)33(16-19(2)3)21-14-20(25(35)37-10)17-32(18-21)27(36)38-29(7,8)9/h15,19-21H,11-14,16-18H2,1-10H3/t20-,21+/m1/s1. The molecule has 9 heteroatoms. The van der Waals surface area contributed by atoms with E-state index in [9.17, 15) is 14.4 Å². The molecule has 1 aromatic rings. The predicted octanol–water partition coefficient (Wildman–Crippen LogP) is 5.01. The van der Waals surface area contributed by atoms with Gasteiger partial charge in [-0.3, -0.25) is 9.59 Å². The van der Waals surface area contributed by atoms with Gasteiger partial charge >= 0.3 is 12.1 Å². The normalized spacial score (nSPS) is 18.3.